The molecule has 1 aliphatic carbocycles. The Labute approximate surface area is 206 Å². The first-order chi connectivity index (χ1) is 17.3. The number of fused-ring (bicyclic) bond motifs is 1. The zero-order valence-electron chi connectivity index (χ0n) is 19.7. The number of pyridine rings is 2. The predicted molar refractivity (Wildman–Crippen MR) is 131 cm³/mol. The van der Waals surface area contributed by atoms with Crippen molar-refractivity contribution in [1.29, 1.82) is 0 Å². The van der Waals surface area contributed by atoms with Crippen molar-refractivity contribution in [3.63, 3.8) is 0 Å². The van der Waals surface area contributed by atoms with E-state index in [-0.39, 0.29) is 30.1 Å². The molecule has 2 aliphatic rings. The predicted octanol–water partition coefficient (Wildman–Crippen LogP) is 3.81. The Balaban J connectivity index is 1.09. The number of hydrogen-bond acceptors (Lipinski definition) is 5. The molecule has 1 aromatic carbocycles. The number of amides is 1. The molecule has 190 valence electrons. The summed E-state index contributed by atoms with van der Waals surface area (Å²) in [5.41, 5.74) is 0.150. The van der Waals surface area contributed by atoms with Crippen LogP contribution in [0.2, 0.25) is 0 Å². The smallest absolute Gasteiger partial charge is 0.376 e. The summed E-state index contributed by atoms with van der Waals surface area (Å²) in [6.45, 7) is 1.52. The molecular weight excluding hydrogens is 471 g/mol. The summed E-state index contributed by atoms with van der Waals surface area (Å²) in [5.74, 6) is -0.205. The van der Waals surface area contributed by atoms with E-state index in [1.165, 1.54) is 12.3 Å². The number of halogens is 3. The zero-order valence-corrected chi connectivity index (χ0v) is 19.7. The van der Waals surface area contributed by atoms with E-state index in [2.05, 4.69) is 20.5 Å². The topological polar surface area (TPSA) is 79.3 Å². The molecule has 2 fully saturated rings. The summed E-state index contributed by atoms with van der Waals surface area (Å²) in [6.07, 6.45) is 2.87. The first-order valence-corrected chi connectivity index (χ1v) is 12.2. The van der Waals surface area contributed by atoms with Crippen LogP contribution in [0.25, 0.3) is 10.9 Å². The third-order valence-corrected chi connectivity index (χ3v) is 7.21. The molecule has 10 heteroatoms. The van der Waals surface area contributed by atoms with Crippen LogP contribution in [-0.4, -0.2) is 52.1 Å². The molecule has 1 saturated carbocycles. The number of anilines is 1. The molecule has 0 spiro atoms. The van der Waals surface area contributed by atoms with Gasteiger partial charge < -0.3 is 15.2 Å². The molecular formula is C26H28F3N5O2. The minimum absolute atomic E-state index is 0.0389. The van der Waals surface area contributed by atoms with Crippen LogP contribution in [0, 0.1) is 0 Å². The first kappa shape index (κ1) is 24.3. The number of rotatable bonds is 6. The van der Waals surface area contributed by atoms with Gasteiger partial charge in [0.25, 0.3) is 5.56 Å². The monoisotopic (exact) mass is 499 g/mol. The van der Waals surface area contributed by atoms with Gasteiger partial charge in [-0.15, -0.1) is 0 Å². The summed E-state index contributed by atoms with van der Waals surface area (Å²) in [4.78, 5) is 31.0. The number of benzene rings is 1. The lowest BCUT2D eigenvalue weighted by Gasteiger charge is -2.46. The Morgan fingerprint density at radius 3 is 2.50 bits per heavy atom. The van der Waals surface area contributed by atoms with Crippen LogP contribution in [0.1, 0.15) is 37.3 Å². The lowest BCUT2D eigenvalue weighted by molar-refractivity contribution is -0.137. The Hall–Kier alpha value is -3.40. The summed E-state index contributed by atoms with van der Waals surface area (Å²) in [6, 6.07) is 11.0. The summed E-state index contributed by atoms with van der Waals surface area (Å²) in [5, 5.41) is 6.28. The molecule has 3 aromatic rings. The molecule has 1 amide bonds. The lowest BCUT2D eigenvalue weighted by atomic mass is 9.88. The van der Waals surface area contributed by atoms with Gasteiger partial charge in [0.1, 0.15) is 0 Å². The Bertz CT molecular complexity index is 1290. The number of likely N-dealkylation sites (tertiary alicyclic amines) is 1. The van der Waals surface area contributed by atoms with E-state index in [4.69, 9.17) is 0 Å². The van der Waals surface area contributed by atoms with Gasteiger partial charge in [-0.05, 0) is 56.0 Å². The minimum Gasteiger partial charge on any atom is -0.376 e. The maximum absolute atomic E-state index is 13.1. The second-order valence-corrected chi connectivity index (χ2v) is 9.57. The molecule has 5 rings (SSSR count). The third kappa shape index (κ3) is 5.23. The van der Waals surface area contributed by atoms with Crippen molar-refractivity contribution in [1.82, 2.24) is 19.8 Å². The van der Waals surface area contributed by atoms with E-state index in [0.29, 0.717) is 22.6 Å². The van der Waals surface area contributed by atoms with Crippen molar-refractivity contribution in [3.8, 4) is 0 Å². The molecule has 7 nitrogen and oxygen atoms in total. The molecule has 0 bridgehead atoms. The Morgan fingerprint density at radius 2 is 1.78 bits per heavy atom. The van der Waals surface area contributed by atoms with Gasteiger partial charge in [-0.2, -0.15) is 13.2 Å². The van der Waals surface area contributed by atoms with Crippen LogP contribution in [0.15, 0.2) is 59.7 Å². The molecule has 0 atom stereocenters. The Morgan fingerprint density at radius 1 is 1.03 bits per heavy atom. The van der Waals surface area contributed by atoms with Gasteiger partial charge in [0.15, 0.2) is 0 Å². The fourth-order valence-electron chi connectivity index (χ4n) is 5.28. The number of carbonyl (C=O) groups excluding carboxylic acids is 1. The largest absolute Gasteiger partial charge is 0.416 e. The molecule has 3 heterocycles. The number of hydrogen-bond donors (Lipinski definition) is 2. The van der Waals surface area contributed by atoms with Crippen molar-refractivity contribution in [2.75, 3.05) is 25.0 Å². The van der Waals surface area contributed by atoms with Gasteiger partial charge in [0, 0.05) is 54.7 Å². The van der Waals surface area contributed by atoms with Gasteiger partial charge in [0.2, 0.25) is 5.91 Å². The van der Waals surface area contributed by atoms with Crippen molar-refractivity contribution in [2.24, 2.45) is 0 Å². The highest BCUT2D eigenvalue weighted by molar-refractivity contribution is 5.93. The highest BCUT2D eigenvalue weighted by Crippen LogP contribution is 2.34. The second-order valence-electron chi connectivity index (χ2n) is 9.57. The lowest BCUT2D eigenvalue weighted by Crippen LogP contribution is -2.63. The quantitative estimate of drug-likeness (QED) is 0.539. The maximum atomic E-state index is 13.1. The Kier molecular flexibility index (Phi) is 6.70. The molecule has 36 heavy (non-hydrogen) atoms. The van der Waals surface area contributed by atoms with Gasteiger partial charge in [-0.3, -0.25) is 19.5 Å². The van der Waals surface area contributed by atoms with Crippen LogP contribution in [0.5, 0.6) is 0 Å². The normalized spacial score (nSPS) is 21.2. The molecule has 2 aromatic heterocycles. The van der Waals surface area contributed by atoms with E-state index in [9.17, 15) is 22.8 Å². The van der Waals surface area contributed by atoms with Crippen molar-refractivity contribution in [2.45, 2.75) is 50.0 Å². The van der Waals surface area contributed by atoms with Crippen LogP contribution < -0.4 is 16.2 Å². The van der Waals surface area contributed by atoms with E-state index in [1.807, 2.05) is 16.8 Å². The number of aromatic nitrogens is 2. The molecule has 0 radical (unpaired) electrons. The van der Waals surface area contributed by atoms with Crippen molar-refractivity contribution >= 4 is 22.5 Å². The van der Waals surface area contributed by atoms with Gasteiger partial charge in [-0.1, -0.05) is 6.07 Å². The second kappa shape index (κ2) is 9.93. The third-order valence-electron chi connectivity index (χ3n) is 7.21. The van der Waals surface area contributed by atoms with E-state index in [1.54, 1.807) is 18.2 Å². The van der Waals surface area contributed by atoms with E-state index < -0.39 is 11.7 Å². The van der Waals surface area contributed by atoms with Crippen molar-refractivity contribution < 1.29 is 18.0 Å². The molecule has 2 N–H and O–H groups in total. The number of nitrogens with zero attached hydrogens (tertiary/aromatic N) is 3. The van der Waals surface area contributed by atoms with E-state index in [0.717, 1.165) is 50.9 Å². The molecule has 0 unspecified atom stereocenters. The fourth-order valence-corrected chi connectivity index (χ4v) is 5.28. The summed E-state index contributed by atoms with van der Waals surface area (Å²) < 4.78 is 41.2. The highest BCUT2D eigenvalue weighted by Gasteiger charge is 2.35. The van der Waals surface area contributed by atoms with Gasteiger partial charge in [-0.25, -0.2) is 0 Å². The average molecular weight is 500 g/mol. The standard InChI is InChI=1S/C26H28F3N5O2/c27-26(28,29)17-4-9-22-21(13-17)23(10-11-30-22)31-14-24(35)32-18-15-33(16-18)19-5-7-20(8-6-19)34-12-2-1-3-25(34)36/h1-4,9-13,18-20H,5-8,14-16H2,(H,30,31)(H,32,35)/t19-,20+. The highest BCUT2D eigenvalue weighted by atomic mass is 19.4. The van der Waals surface area contributed by atoms with Crippen LogP contribution >= 0.6 is 0 Å². The minimum atomic E-state index is -4.45. The van der Waals surface area contributed by atoms with Crippen LogP contribution in [0.3, 0.4) is 0 Å². The number of alkyl halides is 3. The maximum Gasteiger partial charge on any atom is 0.416 e. The van der Waals surface area contributed by atoms with Gasteiger partial charge >= 0.3 is 6.18 Å². The molecule has 1 aliphatic heterocycles. The van der Waals surface area contributed by atoms with Crippen LogP contribution in [0.4, 0.5) is 18.9 Å². The van der Waals surface area contributed by atoms with Gasteiger partial charge in [0.05, 0.1) is 23.7 Å². The fraction of sp³-hybridized carbons (Fsp3) is 0.423. The number of carbonyl (C=O) groups is 1. The number of nitrogens with one attached hydrogen (secondary N) is 2. The summed E-state index contributed by atoms with van der Waals surface area (Å²) >= 11 is 0. The SMILES string of the molecule is O=C(CNc1ccnc2ccc(C(F)(F)F)cc12)NC1CN([C@H]2CC[C@@H](n3ccccc3=O)CC2)C1. The summed E-state index contributed by atoms with van der Waals surface area (Å²) in [7, 11) is 0. The van der Waals surface area contributed by atoms with Crippen LogP contribution in [-0.2, 0) is 11.0 Å². The van der Waals surface area contributed by atoms with E-state index >= 15 is 0 Å². The molecule has 1 saturated heterocycles. The first-order valence-electron chi connectivity index (χ1n) is 12.2. The van der Waals surface area contributed by atoms with Crippen molar-refractivity contribution in [3.05, 3.63) is 70.8 Å². The average Bonchev–Trinajstić information content (AvgIpc) is 2.84. The zero-order chi connectivity index (χ0) is 25.3.